The van der Waals surface area contributed by atoms with Crippen LogP contribution in [0, 0.1) is 74.2 Å². The normalized spacial score (nSPS) is 11.8. The SMILES string of the molecule is Cc1cc(F)c([B-](c2c(F)cc(C)cc2F)(c2c(F)cc(C)cc2F)c2c(F)cc(C)cc2F)c(F)c1.[H+]. The Bertz CT molecular complexity index is 1240. The van der Waals surface area contributed by atoms with Crippen LogP contribution in [0.2, 0.25) is 0 Å². The summed E-state index contributed by atoms with van der Waals surface area (Å²) >= 11 is 0. The molecule has 0 atom stereocenters. The highest BCUT2D eigenvalue weighted by molar-refractivity contribution is 7.20. The maximum Gasteiger partial charge on any atom is 1.00 e. The van der Waals surface area contributed by atoms with E-state index in [-0.39, 0.29) is 23.7 Å². The molecule has 0 nitrogen and oxygen atoms in total. The molecule has 4 aromatic rings. The number of aryl methyl sites for hydroxylation is 4. The van der Waals surface area contributed by atoms with Crippen molar-refractivity contribution in [3.63, 3.8) is 0 Å². The van der Waals surface area contributed by atoms with Crippen molar-refractivity contribution >= 4 is 28.0 Å². The van der Waals surface area contributed by atoms with Crippen LogP contribution in [0.25, 0.3) is 0 Å². The Hall–Kier alpha value is -3.62. The Morgan fingerprint density at radius 3 is 0.622 bits per heavy atom. The molecule has 4 rings (SSSR count). The molecule has 0 saturated heterocycles. The zero-order valence-corrected chi connectivity index (χ0v) is 20.2. The van der Waals surface area contributed by atoms with E-state index in [0.717, 1.165) is 48.5 Å². The molecule has 0 aliphatic heterocycles. The molecule has 0 fully saturated rings. The zero-order chi connectivity index (χ0) is 27.4. The van der Waals surface area contributed by atoms with Crippen LogP contribution in [0.15, 0.2) is 48.5 Å². The van der Waals surface area contributed by atoms with Gasteiger partial charge in [0.15, 0.2) is 0 Å². The fraction of sp³-hybridized carbons (Fsp3) is 0.143. The van der Waals surface area contributed by atoms with Gasteiger partial charge in [-0.05, 0) is 98.5 Å². The van der Waals surface area contributed by atoms with Crippen LogP contribution in [-0.4, -0.2) is 6.15 Å². The van der Waals surface area contributed by atoms with E-state index in [1.54, 1.807) is 0 Å². The molecule has 0 bridgehead atoms. The summed E-state index contributed by atoms with van der Waals surface area (Å²) < 4.78 is 126. The summed E-state index contributed by atoms with van der Waals surface area (Å²) in [6, 6.07) is 6.05. The van der Waals surface area contributed by atoms with Crippen molar-refractivity contribution in [2.45, 2.75) is 27.7 Å². The Morgan fingerprint density at radius 2 is 0.486 bits per heavy atom. The monoisotopic (exact) mass is 520 g/mol. The lowest BCUT2D eigenvalue weighted by atomic mass is 9.12. The van der Waals surface area contributed by atoms with Crippen LogP contribution >= 0.6 is 0 Å². The maximum absolute atomic E-state index is 15.7. The summed E-state index contributed by atoms with van der Waals surface area (Å²) in [6.07, 6.45) is -4.48. The fourth-order valence-electron chi connectivity index (χ4n) is 5.36. The van der Waals surface area contributed by atoms with Gasteiger partial charge in [-0.1, -0.05) is 0 Å². The van der Waals surface area contributed by atoms with E-state index >= 15 is 35.1 Å². The molecule has 0 aliphatic carbocycles. The standard InChI is InChI=1S/C28H20BF8/c1-13-5-17(30)25(18(31)6-13)29(26-19(32)7-14(2)8-20(26)33,27-21(34)9-15(3)10-22(27)35)28-23(36)11-16(4)12-24(28)37/h5-12H,1-4H3/q-1/p+1. The molecule has 0 heterocycles. The van der Waals surface area contributed by atoms with Gasteiger partial charge in [0.05, 0.1) is 46.5 Å². The summed E-state index contributed by atoms with van der Waals surface area (Å²) in [5.74, 6) is -11.9. The zero-order valence-electron chi connectivity index (χ0n) is 21.2. The Labute approximate surface area is 210 Å². The second-order valence-corrected chi connectivity index (χ2v) is 9.43. The van der Waals surface area contributed by atoms with Gasteiger partial charge >= 0.3 is 1.43 Å². The summed E-state index contributed by atoms with van der Waals surface area (Å²) in [4.78, 5) is 0. The number of rotatable bonds is 4. The molecule has 4 aromatic carbocycles. The maximum atomic E-state index is 15.7. The van der Waals surface area contributed by atoms with Crippen molar-refractivity contribution in [3.8, 4) is 0 Å². The highest BCUT2D eigenvalue weighted by atomic mass is 19.2. The van der Waals surface area contributed by atoms with Gasteiger partial charge in [-0.15, -0.1) is 21.9 Å². The van der Waals surface area contributed by atoms with Crippen LogP contribution < -0.4 is 21.9 Å². The lowest BCUT2D eigenvalue weighted by molar-refractivity contribution is 0.581. The van der Waals surface area contributed by atoms with Crippen molar-refractivity contribution in [2.75, 3.05) is 0 Å². The van der Waals surface area contributed by atoms with Gasteiger partial charge in [0.25, 0.3) is 0 Å². The molecule has 0 saturated carbocycles. The minimum absolute atomic E-state index is 0. The molecule has 0 amide bonds. The molecule has 192 valence electrons. The first kappa shape index (κ1) is 26.4. The summed E-state index contributed by atoms with van der Waals surface area (Å²) in [5, 5.41) is 0. The van der Waals surface area contributed by atoms with Gasteiger partial charge in [0, 0.05) is 0 Å². The lowest BCUT2D eigenvalue weighted by Gasteiger charge is -2.45. The van der Waals surface area contributed by atoms with Gasteiger partial charge in [-0.2, -0.15) is 0 Å². The van der Waals surface area contributed by atoms with Crippen LogP contribution in [-0.2, 0) is 0 Å². The van der Waals surface area contributed by atoms with Gasteiger partial charge in [-0.25, -0.2) is 35.1 Å². The summed E-state index contributed by atoms with van der Waals surface area (Å²) in [5.41, 5.74) is -5.06. The molecule has 0 radical (unpaired) electrons. The van der Waals surface area contributed by atoms with Crippen molar-refractivity contribution < 1.29 is 36.5 Å². The smallest absolute Gasteiger partial charge is 0.210 e. The second-order valence-electron chi connectivity index (χ2n) is 9.43. The van der Waals surface area contributed by atoms with Crippen molar-refractivity contribution in [1.29, 1.82) is 0 Å². The van der Waals surface area contributed by atoms with E-state index in [0.29, 0.717) is 0 Å². The Balaban J connectivity index is 0.00000400. The number of hydrogen-bond acceptors (Lipinski definition) is 0. The molecular formula is C28H21BF8. The third-order valence-electron chi connectivity index (χ3n) is 6.63. The number of halogens is 8. The van der Waals surface area contributed by atoms with Crippen LogP contribution in [0.5, 0.6) is 0 Å². The quantitative estimate of drug-likeness (QED) is 0.246. The van der Waals surface area contributed by atoms with E-state index in [9.17, 15) is 0 Å². The molecule has 0 spiro atoms. The average molecular weight is 520 g/mol. The van der Waals surface area contributed by atoms with Crippen molar-refractivity contribution in [1.82, 2.24) is 0 Å². The first-order valence-electron chi connectivity index (χ1n) is 11.3. The lowest BCUT2D eigenvalue weighted by Crippen LogP contribution is -2.80. The van der Waals surface area contributed by atoms with Gasteiger partial charge < -0.3 is 0 Å². The van der Waals surface area contributed by atoms with Crippen LogP contribution in [0.3, 0.4) is 0 Å². The van der Waals surface area contributed by atoms with Crippen molar-refractivity contribution in [3.05, 3.63) is 117 Å². The minimum Gasteiger partial charge on any atom is -0.210 e. The number of benzene rings is 4. The predicted molar refractivity (Wildman–Crippen MR) is 130 cm³/mol. The third-order valence-corrected chi connectivity index (χ3v) is 6.63. The minimum atomic E-state index is -4.48. The fourth-order valence-corrected chi connectivity index (χ4v) is 5.36. The average Bonchev–Trinajstić information content (AvgIpc) is 2.70. The first-order chi connectivity index (χ1) is 17.3. The van der Waals surface area contributed by atoms with Gasteiger partial charge in [0.1, 0.15) is 6.15 Å². The van der Waals surface area contributed by atoms with E-state index < -0.39 is 74.5 Å². The topological polar surface area (TPSA) is 0 Å². The third kappa shape index (κ3) is 4.20. The molecular weight excluding hydrogens is 499 g/mol. The summed E-state index contributed by atoms with van der Waals surface area (Å²) in [7, 11) is 0. The molecule has 0 N–H and O–H groups in total. The molecule has 0 aliphatic rings. The van der Waals surface area contributed by atoms with E-state index in [2.05, 4.69) is 0 Å². The van der Waals surface area contributed by atoms with E-state index in [1.165, 1.54) is 27.7 Å². The second kappa shape index (κ2) is 9.36. The van der Waals surface area contributed by atoms with Crippen LogP contribution in [0.4, 0.5) is 35.1 Å². The largest absolute Gasteiger partial charge is 1.00 e. The summed E-state index contributed by atoms with van der Waals surface area (Å²) in [6.45, 7) is 5.21. The van der Waals surface area contributed by atoms with Gasteiger partial charge in [0.2, 0.25) is 0 Å². The van der Waals surface area contributed by atoms with Crippen molar-refractivity contribution in [2.24, 2.45) is 0 Å². The molecule has 9 heteroatoms. The molecule has 37 heavy (non-hydrogen) atoms. The molecule has 0 aromatic heterocycles. The van der Waals surface area contributed by atoms with E-state index in [4.69, 9.17) is 0 Å². The highest BCUT2D eigenvalue weighted by Crippen LogP contribution is 2.24. The predicted octanol–water partition coefficient (Wildman–Crippen LogP) is 5.52. The highest BCUT2D eigenvalue weighted by Gasteiger charge is 2.46. The van der Waals surface area contributed by atoms with E-state index in [1.807, 2.05) is 0 Å². The Kier molecular flexibility index (Phi) is 6.69. The Morgan fingerprint density at radius 1 is 0.351 bits per heavy atom. The van der Waals surface area contributed by atoms with Crippen LogP contribution in [0.1, 0.15) is 23.7 Å². The van der Waals surface area contributed by atoms with Gasteiger partial charge in [-0.3, -0.25) is 0 Å². The first-order valence-corrected chi connectivity index (χ1v) is 11.3. The molecule has 0 unspecified atom stereocenters. The number of hydrogen-bond donors (Lipinski definition) is 0.